The highest BCUT2D eigenvalue weighted by atomic mass is 16.5. The third-order valence-electron chi connectivity index (χ3n) is 5.67. The quantitative estimate of drug-likeness (QED) is 0.256. The maximum atomic E-state index is 13.0. The zero-order valence-electron chi connectivity index (χ0n) is 17.8. The molecule has 2 heterocycles. The Morgan fingerprint density at radius 2 is 1.78 bits per heavy atom. The number of ketones is 1. The number of carbonyl (C=O) groups is 2. The summed E-state index contributed by atoms with van der Waals surface area (Å²) in [5.74, 6) is 0.538. The number of hydrogen-bond acceptors (Lipinski definition) is 4. The molecular formula is C27H21NO4. The Kier molecular flexibility index (Phi) is 4.86. The lowest BCUT2D eigenvalue weighted by Crippen LogP contribution is -2.12. The van der Waals surface area contributed by atoms with Crippen molar-refractivity contribution in [1.82, 2.24) is 4.57 Å². The molecule has 1 aliphatic heterocycles. The summed E-state index contributed by atoms with van der Waals surface area (Å²) in [6.07, 6.45) is 3.91. The summed E-state index contributed by atoms with van der Waals surface area (Å²) in [5, 5.41) is 1.04. The Bertz CT molecular complexity index is 1400. The van der Waals surface area contributed by atoms with Crippen molar-refractivity contribution in [2.75, 3.05) is 0 Å². The molecule has 158 valence electrons. The van der Waals surface area contributed by atoms with Gasteiger partial charge in [-0.05, 0) is 36.8 Å². The predicted molar refractivity (Wildman–Crippen MR) is 123 cm³/mol. The van der Waals surface area contributed by atoms with Gasteiger partial charge >= 0.3 is 5.97 Å². The number of esters is 1. The van der Waals surface area contributed by atoms with Gasteiger partial charge in [0.2, 0.25) is 5.78 Å². The summed E-state index contributed by atoms with van der Waals surface area (Å²) >= 11 is 0. The van der Waals surface area contributed by atoms with E-state index in [1.165, 1.54) is 0 Å². The molecule has 0 N–H and O–H groups in total. The van der Waals surface area contributed by atoms with Crippen LogP contribution in [0.15, 0.2) is 78.7 Å². The number of rotatable bonds is 4. The molecule has 1 aromatic heterocycles. The summed E-state index contributed by atoms with van der Waals surface area (Å²) in [6.45, 7) is 1.79. The molecule has 0 saturated heterocycles. The van der Waals surface area contributed by atoms with Crippen molar-refractivity contribution in [1.29, 1.82) is 0 Å². The third-order valence-corrected chi connectivity index (χ3v) is 5.67. The highest BCUT2D eigenvalue weighted by Gasteiger charge is 2.30. The van der Waals surface area contributed by atoms with Crippen LogP contribution in [0, 0.1) is 6.92 Å². The van der Waals surface area contributed by atoms with Crippen LogP contribution < -0.4 is 9.47 Å². The Labute approximate surface area is 185 Å². The topological polar surface area (TPSA) is 57.5 Å². The molecule has 0 bridgehead atoms. The molecule has 0 amide bonds. The largest absolute Gasteiger partial charge is 0.452 e. The first-order valence-electron chi connectivity index (χ1n) is 10.4. The Hall–Kier alpha value is -4.12. The third kappa shape index (κ3) is 3.48. The SMILES string of the molecule is Cc1c(OC(=O)Cc2ccccc2)ccc2c1O/C(=C\c1cn(C)c3ccccc13)C2=O. The van der Waals surface area contributed by atoms with Crippen LogP contribution in [0.5, 0.6) is 11.5 Å². The van der Waals surface area contributed by atoms with Crippen LogP contribution in [0.25, 0.3) is 17.0 Å². The number of carbonyl (C=O) groups excluding carboxylic acids is 2. The van der Waals surface area contributed by atoms with Crippen molar-refractivity contribution < 1.29 is 19.1 Å². The number of para-hydroxylation sites is 1. The molecule has 0 spiro atoms. The van der Waals surface area contributed by atoms with Gasteiger partial charge in [-0.1, -0.05) is 48.5 Å². The van der Waals surface area contributed by atoms with Crippen LogP contribution in [0.2, 0.25) is 0 Å². The van der Waals surface area contributed by atoms with E-state index in [4.69, 9.17) is 9.47 Å². The predicted octanol–water partition coefficient (Wildman–Crippen LogP) is 5.25. The minimum atomic E-state index is -0.366. The minimum Gasteiger partial charge on any atom is -0.452 e. The lowest BCUT2D eigenvalue weighted by atomic mass is 10.1. The minimum absolute atomic E-state index is 0.170. The standard InChI is InChI=1S/C27H21NO4/c1-17-23(31-25(29)14-18-8-4-3-5-9-18)13-12-21-26(30)24(32-27(17)21)15-19-16-28(2)22-11-7-6-10-20(19)22/h3-13,15-16H,14H2,1-2H3/b24-15-. The molecule has 0 atom stereocenters. The van der Waals surface area contributed by atoms with E-state index in [0.29, 0.717) is 22.6 Å². The zero-order valence-corrected chi connectivity index (χ0v) is 17.8. The van der Waals surface area contributed by atoms with Gasteiger partial charge in [0, 0.05) is 35.3 Å². The van der Waals surface area contributed by atoms with Crippen LogP contribution >= 0.6 is 0 Å². The van der Waals surface area contributed by atoms with E-state index < -0.39 is 0 Å². The first-order chi connectivity index (χ1) is 15.5. The van der Waals surface area contributed by atoms with E-state index in [2.05, 4.69) is 0 Å². The van der Waals surface area contributed by atoms with Crippen LogP contribution in [0.4, 0.5) is 0 Å². The van der Waals surface area contributed by atoms with Gasteiger partial charge in [0.25, 0.3) is 0 Å². The first-order valence-corrected chi connectivity index (χ1v) is 10.4. The van der Waals surface area contributed by atoms with Gasteiger partial charge in [0.1, 0.15) is 11.5 Å². The van der Waals surface area contributed by atoms with Crippen molar-refractivity contribution >= 4 is 28.7 Å². The zero-order chi connectivity index (χ0) is 22.2. The van der Waals surface area contributed by atoms with Crippen molar-refractivity contribution in [3.05, 3.63) is 101 Å². The molecule has 0 saturated carbocycles. The van der Waals surface area contributed by atoms with Crippen molar-refractivity contribution in [3.63, 3.8) is 0 Å². The molecule has 5 nitrogen and oxygen atoms in total. The van der Waals surface area contributed by atoms with Crippen LogP contribution in [-0.4, -0.2) is 16.3 Å². The number of fused-ring (bicyclic) bond motifs is 2. The fourth-order valence-electron chi connectivity index (χ4n) is 4.03. The van der Waals surface area contributed by atoms with E-state index in [9.17, 15) is 9.59 Å². The number of Topliss-reactive ketones (excluding diaryl/α,β-unsaturated/α-hetero) is 1. The van der Waals surface area contributed by atoms with E-state index in [-0.39, 0.29) is 23.9 Å². The molecule has 0 aliphatic carbocycles. The van der Waals surface area contributed by atoms with Gasteiger partial charge in [0.15, 0.2) is 5.76 Å². The number of ether oxygens (including phenoxy) is 2. The molecular weight excluding hydrogens is 402 g/mol. The van der Waals surface area contributed by atoms with Crippen LogP contribution in [0.1, 0.15) is 27.0 Å². The van der Waals surface area contributed by atoms with Gasteiger partial charge in [0.05, 0.1) is 12.0 Å². The molecule has 0 fully saturated rings. The lowest BCUT2D eigenvalue weighted by Gasteiger charge is -2.10. The van der Waals surface area contributed by atoms with Crippen LogP contribution in [-0.2, 0) is 18.3 Å². The van der Waals surface area contributed by atoms with E-state index in [1.54, 1.807) is 25.1 Å². The first kappa shape index (κ1) is 19.8. The second kappa shape index (κ2) is 7.85. The van der Waals surface area contributed by atoms with Gasteiger partial charge in [-0.2, -0.15) is 0 Å². The lowest BCUT2D eigenvalue weighted by molar-refractivity contribution is -0.133. The summed E-state index contributed by atoms with van der Waals surface area (Å²) in [5.41, 5.74) is 3.95. The molecule has 1 aliphatic rings. The average Bonchev–Trinajstić information content (AvgIpc) is 3.28. The summed E-state index contributed by atoms with van der Waals surface area (Å²) in [6, 6.07) is 20.7. The number of hydrogen-bond donors (Lipinski definition) is 0. The molecule has 0 unspecified atom stereocenters. The summed E-state index contributed by atoms with van der Waals surface area (Å²) < 4.78 is 13.6. The number of nitrogens with zero attached hydrogens (tertiary/aromatic N) is 1. The number of aromatic nitrogens is 1. The van der Waals surface area contributed by atoms with Gasteiger partial charge < -0.3 is 14.0 Å². The summed E-state index contributed by atoms with van der Waals surface area (Å²) in [7, 11) is 1.97. The van der Waals surface area contributed by atoms with Gasteiger partial charge in [-0.15, -0.1) is 0 Å². The average molecular weight is 423 g/mol. The van der Waals surface area contributed by atoms with E-state index in [0.717, 1.165) is 22.0 Å². The molecule has 5 rings (SSSR count). The number of allylic oxidation sites excluding steroid dienone is 1. The normalized spacial score (nSPS) is 13.9. The molecule has 32 heavy (non-hydrogen) atoms. The Morgan fingerprint density at radius 3 is 2.59 bits per heavy atom. The van der Waals surface area contributed by atoms with E-state index >= 15 is 0 Å². The molecule has 3 aromatic carbocycles. The number of aryl methyl sites for hydroxylation is 1. The second-order valence-corrected chi connectivity index (χ2v) is 7.85. The maximum absolute atomic E-state index is 13.0. The molecule has 0 radical (unpaired) electrons. The monoisotopic (exact) mass is 423 g/mol. The maximum Gasteiger partial charge on any atom is 0.315 e. The van der Waals surface area contributed by atoms with Gasteiger partial charge in [-0.3, -0.25) is 9.59 Å². The highest BCUT2D eigenvalue weighted by Crippen LogP contribution is 2.39. The smallest absolute Gasteiger partial charge is 0.315 e. The number of benzene rings is 3. The van der Waals surface area contributed by atoms with Gasteiger partial charge in [-0.25, -0.2) is 0 Å². The Morgan fingerprint density at radius 1 is 1.03 bits per heavy atom. The van der Waals surface area contributed by atoms with Crippen molar-refractivity contribution in [3.8, 4) is 11.5 Å². The second-order valence-electron chi connectivity index (χ2n) is 7.85. The fourth-order valence-corrected chi connectivity index (χ4v) is 4.03. The highest BCUT2D eigenvalue weighted by molar-refractivity contribution is 6.15. The van der Waals surface area contributed by atoms with Crippen molar-refractivity contribution in [2.45, 2.75) is 13.3 Å². The fraction of sp³-hybridized carbons (Fsp3) is 0.111. The van der Waals surface area contributed by atoms with E-state index in [1.807, 2.05) is 72.4 Å². The molecule has 5 heteroatoms. The molecule has 4 aromatic rings. The van der Waals surface area contributed by atoms with Crippen LogP contribution in [0.3, 0.4) is 0 Å². The summed E-state index contributed by atoms with van der Waals surface area (Å²) in [4.78, 5) is 25.4. The van der Waals surface area contributed by atoms with Crippen molar-refractivity contribution in [2.24, 2.45) is 7.05 Å². The Balaban J connectivity index is 1.42.